The summed E-state index contributed by atoms with van der Waals surface area (Å²) in [6, 6.07) is 8.95. The Kier molecular flexibility index (Phi) is 5.46. The summed E-state index contributed by atoms with van der Waals surface area (Å²) in [4.78, 5) is 28.4. The smallest absolute Gasteiger partial charge is 0.274 e. The van der Waals surface area contributed by atoms with Gasteiger partial charge in [0.2, 0.25) is 0 Å². The van der Waals surface area contributed by atoms with Gasteiger partial charge in [-0.2, -0.15) is 0 Å². The van der Waals surface area contributed by atoms with Gasteiger partial charge < -0.3 is 10.6 Å². The first-order valence-electron chi connectivity index (χ1n) is 7.64. The molecule has 1 aromatic heterocycles. The Morgan fingerprint density at radius 3 is 2.61 bits per heavy atom. The van der Waals surface area contributed by atoms with Crippen LogP contribution in [-0.2, 0) is 0 Å². The minimum Gasteiger partial charge on any atom is -0.352 e. The third-order valence-corrected chi connectivity index (χ3v) is 3.43. The van der Waals surface area contributed by atoms with Gasteiger partial charge in [-0.25, -0.2) is 0 Å². The van der Waals surface area contributed by atoms with Crippen LogP contribution in [0.4, 0.5) is 5.69 Å². The molecule has 0 fully saturated rings. The standard InChI is InChI=1S/C18H21N3O2/c1-4-8-20-17(22)14-7-9-19-16(11-14)18(23)21-15-10-12(2)5-6-13(15)3/h5-7,9-11H,4,8H2,1-3H3,(H,20,22)(H,21,23). The molecule has 1 heterocycles. The molecule has 0 aliphatic heterocycles. The van der Waals surface area contributed by atoms with Crippen molar-refractivity contribution in [3.05, 3.63) is 58.9 Å². The molecule has 2 amide bonds. The van der Waals surface area contributed by atoms with E-state index in [0.717, 1.165) is 23.2 Å². The molecule has 2 rings (SSSR count). The Balaban J connectivity index is 2.16. The van der Waals surface area contributed by atoms with E-state index in [1.54, 1.807) is 6.07 Å². The number of aryl methyl sites for hydroxylation is 2. The molecule has 2 aromatic rings. The van der Waals surface area contributed by atoms with Gasteiger partial charge in [0.05, 0.1) is 0 Å². The van der Waals surface area contributed by atoms with Crippen LogP contribution in [0, 0.1) is 13.8 Å². The van der Waals surface area contributed by atoms with Crippen molar-refractivity contribution in [1.82, 2.24) is 10.3 Å². The van der Waals surface area contributed by atoms with Gasteiger partial charge >= 0.3 is 0 Å². The fraction of sp³-hybridized carbons (Fsp3) is 0.278. The number of amides is 2. The minimum absolute atomic E-state index is 0.199. The summed E-state index contributed by atoms with van der Waals surface area (Å²) in [5, 5.41) is 5.63. The number of anilines is 1. The molecule has 120 valence electrons. The van der Waals surface area contributed by atoms with Crippen LogP contribution in [0.25, 0.3) is 0 Å². The molecule has 0 spiro atoms. The second-order valence-corrected chi connectivity index (χ2v) is 5.46. The van der Waals surface area contributed by atoms with E-state index in [4.69, 9.17) is 0 Å². The number of benzene rings is 1. The number of pyridine rings is 1. The Bertz CT molecular complexity index is 726. The lowest BCUT2D eigenvalue weighted by atomic mass is 10.1. The van der Waals surface area contributed by atoms with Crippen molar-refractivity contribution in [2.75, 3.05) is 11.9 Å². The van der Waals surface area contributed by atoms with Gasteiger partial charge in [0, 0.05) is 24.0 Å². The van der Waals surface area contributed by atoms with Gasteiger partial charge in [-0.15, -0.1) is 0 Å². The molecule has 0 radical (unpaired) electrons. The third-order valence-electron chi connectivity index (χ3n) is 3.43. The number of nitrogens with one attached hydrogen (secondary N) is 2. The Hall–Kier alpha value is -2.69. The van der Waals surface area contributed by atoms with Crippen molar-refractivity contribution < 1.29 is 9.59 Å². The van der Waals surface area contributed by atoms with Crippen molar-refractivity contribution >= 4 is 17.5 Å². The summed E-state index contributed by atoms with van der Waals surface area (Å²) in [5.41, 5.74) is 3.43. The van der Waals surface area contributed by atoms with Crippen LogP contribution in [0.1, 0.15) is 45.3 Å². The maximum absolute atomic E-state index is 12.4. The molecular formula is C18H21N3O2. The summed E-state index contributed by atoms with van der Waals surface area (Å²) in [6.07, 6.45) is 2.33. The van der Waals surface area contributed by atoms with Gasteiger partial charge in [0.15, 0.2) is 0 Å². The molecule has 5 heteroatoms. The maximum atomic E-state index is 12.4. The lowest BCUT2D eigenvalue weighted by Gasteiger charge is -2.10. The van der Waals surface area contributed by atoms with Crippen LogP contribution in [0.15, 0.2) is 36.5 Å². The molecule has 5 nitrogen and oxygen atoms in total. The average molecular weight is 311 g/mol. The van der Waals surface area contributed by atoms with Crippen molar-refractivity contribution in [3.63, 3.8) is 0 Å². The highest BCUT2D eigenvalue weighted by atomic mass is 16.2. The molecule has 0 saturated carbocycles. The van der Waals surface area contributed by atoms with Crippen molar-refractivity contribution in [2.24, 2.45) is 0 Å². The first kappa shape index (κ1) is 16.7. The fourth-order valence-corrected chi connectivity index (χ4v) is 2.09. The largest absolute Gasteiger partial charge is 0.352 e. The predicted octanol–water partition coefficient (Wildman–Crippen LogP) is 3.09. The number of hydrogen-bond donors (Lipinski definition) is 2. The van der Waals surface area contributed by atoms with Crippen LogP contribution in [0.3, 0.4) is 0 Å². The molecule has 0 bridgehead atoms. The van der Waals surface area contributed by atoms with Crippen molar-refractivity contribution in [2.45, 2.75) is 27.2 Å². The quantitative estimate of drug-likeness (QED) is 0.891. The van der Waals surface area contributed by atoms with E-state index in [-0.39, 0.29) is 17.5 Å². The zero-order valence-corrected chi connectivity index (χ0v) is 13.6. The molecule has 0 aliphatic rings. The SMILES string of the molecule is CCCNC(=O)c1ccnc(C(=O)Nc2cc(C)ccc2C)c1. The van der Waals surface area contributed by atoms with E-state index >= 15 is 0 Å². The van der Waals surface area contributed by atoms with Crippen molar-refractivity contribution in [1.29, 1.82) is 0 Å². The summed E-state index contributed by atoms with van der Waals surface area (Å²) >= 11 is 0. The molecule has 1 aromatic carbocycles. The normalized spacial score (nSPS) is 10.2. The average Bonchev–Trinajstić information content (AvgIpc) is 2.56. The first-order chi connectivity index (χ1) is 11.0. The Labute approximate surface area is 136 Å². The maximum Gasteiger partial charge on any atom is 0.274 e. The number of carbonyl (C=O) groups excluding carboxylic acids is 2. The van der Waals surface area contributed by atoms with Crippen LogP contribution in [-0.4, -0.2) is 23.3 Å². The van der Waals surface area contributed by atoms with E-state index < -0.39 is 0 Å². The second-order valence-electron chi connectivity index (χ2n) is 5.46. The molecule has 0 atom stereocenters. The van der Waals surface area contributed by atoms with Crippen LogP contribution >= 0.6 is 0 Å². The number of rotatable bonds is 5. The van der Waals surface area contributed by atoms with E-state index in [1.807, 2.05) is 39.0 Å². The van der Waals surface area contributed by atoms with Crippen molar-refractivity contribution in [3.8, 4) is 0 Å². The summed E-state index contributed by atoms with van der Waals surface area (Å²) in [7, 11) is 0. The summed E-state index contributed by atoms with van der Waals surface area (Å²) in [6.45, 7) is 6.48. The second kappa shape index (κ2) is 7.54. The molecular weight excluding hydrogens is 290 g/mol. The summed E-state index contributed by atoms with van der Waals surface area (Å²) < 4.78 is 0. The van der Waals surface area contributed by atoms with Crippen LogP contribution < -0.4 is 10.6 Å². The van der Waals surface area contributed by atoms with Gasteiger partial charge in [0.1, 0.15) is 5.69 Å². The fourth-order valence-electron chi connectivity index (χ4n) is 2.09. The molecule has 0 aliphatic carbocycles. The highest BCUT2D eigenvalue weighted by Crippen LogP contribution is 2.17. The predicted molar refractivity (Wildman–Crippen MR) is 90.7 cm³/mol. The minimum atomic E-state index is -0.330. The van der Waals surface area contributed by atoms with E-state index in [0.29, 0.717) is 12.1 Å². The van der Waals surface area contributed by atoms with Gasteiger partial charge in [-0.1, -0.05) is 19.1 Å². The Morgan fingerprint density at radius 1 is 1.09 bits per heavy atom. The first-order valence-corrected chi connectivity index (χ1v) is 7.64. The number of nitrogens with zero attached hydrogens (tertiary/aromatic N) is 1. The molecule has 0 unspecified atom stereocenters. The van der Waals surface area contributed by atoms with E-state index in [1.165, 1.54) is 12.3 Å². The highest BCUT2D eigenvalue weighted by Gasteiger charge is 2.12. The highest BCUT2D eigenvalue weighted by molar-refractivity contribution is 6.05. The number of aromatic nitrogens is 1. The number of hydrogen-bond acceptors (Lipinski definition) is 3. The van der Waals surface area contributed by atoms with Gasteiger partial charge in [0.25, 0.3) is 11.8 Å². The topological polar surface area (TPSA) is 71.1 Å². The van der Waals surface area contributed by atoms with Crippen LogP contribution in [0.2, 0.25) is 0 Å². The molecule has 2 N–H and O–H groups in total. The van der Waals surface area contributed by atoms with E-state index in [9.17, 15) is 9.59 Å². The Morgan fingerprint density at radius 2 is 1.87 bits per heavy atom. The molecule has 23 heavy (non-hydrogen) atoms. The zero-order valence-electron chi connectivity index (χ0n) is 13.6. The monoisotopic (exact) mass is 311 g/mol. The van der Waals surface area contributed by atoms with E-state index in [2.05, 4.69) is 15.6 Å². The number of carbonyl (C=O) groups is 2. The zero-order chi connectivity index (χ0) is 16.8. The third kappa shape index (κ3) is 4.39. The lowest BCUT2D eigenvalue weighted by Crippen LogP contribution is -2.24. The van der Waals surface area contributed by atoms with Gasteiger partial charge in [-0.05, 0) is 49.6 Å². The lowest BCUT2D eigenvalue weighted by molar-refractivity contribution is 0.0953. The van der Waals surface area contributed by atoms with Gasteiger partial charge in [-0.3, -0.25) is 14.6 Å². The van der Waals surface area contributed by atoms with Crippen LogP contribution in [0.5, 0.6) is 0 Å². The molecule has 0 saturated heterocycles. The summed E-state index contributed by atoms with van der Waals surface area (Å²) in [5.74, 6) is -0.529.